The van der Waals surface area contributed by atoms with Crippen LogP contribution in [0.2, 0.25) is 0 Å². The lowest BCUT2D eigenvalue weighted by atomic mass is 9.82. The molecule has 0 unspecified atom stereocenters. The summed E-state index contributed by atoms with van der Waals surface area (Å²) in [6.45, 7) is -0.985. The van der Waals surface area contributed by atoms with Crippen molar-refractivity contribution in [3.63, 3.8) is 0 Å². The van der Waals surface area contributed by atoms with Gasteiger partial charge in [-0.1, -0.05) is 0 Å². The summed E-state index contributed by atoms with van der Waals surface area (Å²) in [4.78, 5) is 3.63. The summed E-state index contributed by atoms with van der Waals surface area (Å²) in [5.74, 6) is 0.126. The highest BCUT2D eigenvalue weighted by Crippen LogP contribution is 2.15. The number of hydrogen-bond acceptors (Lipinski definition) is 5. The van der Waals surface area contributed by atoms with Gasteiger partial charge < -0.3 is 14.8 Å². The van der Waals surface area contributed by atoms with E-state index in [1.807, 2.05) is 0 Å². The molecule has 0 amide bonds. The highest BCUT2D eigenvalue weighted by molar-refractivity contribution is 6.58. The molecule has 0 fully saturated rings. The Labute approximate surface area is 95.0 Å². The van der Waals surface area contributed by atoms with Gasteiger partial charge in [-0.15, -0.1) is 13.2 Å². The summed E-state index contributed by atoms with van der Waals surface area (Å²) in [5, 5.41) is 17.6. The van der Waals surface area contributed by atoms with Crippen molar-refractivity contribution in [2.75, 3.05) is 13.2 Å². The van der Waals surface area contributed by atoms with E-state index in [9.17, 15) is 13.2 Å². The van der Waals surface area contributed by atoms with Crippen molar-refractivity contribution >= 4 is 12.6 Å². The SMILES string of the molecule is OB(O)c1cncc(OCCOC(F)(F)F)c1. The van der Waals surface area contributed by atoms with Gasteiger partial charge in [0, 0.05) is 11.7 Å². The number of ether oxygens (including phenoxy) is 2. The molecule has 0 radical (unpaired) electrons. The van der Waals surface area contributed by atoms with Crippen LogP contribution in [0.3, 0.4) is 0 Å². The van der Waals surface area contributed by atoms with Crippen LogP contribution in [0.1, 0.15) is 0 Å². The van der Waals surface area contributed by atoms with Gasteiger partial charge in [0.2, 0.25) is 0 Å². The number of rotatable bonds is 5. The highest BCUT2D eigenvalue weighted by atomic mass is 19.4. The lowest BCUT2D eigenvalue weighted by molar-refractivity contribution is -0.325. The highest BCUT2D eigenvalue weighted by Gasteiger charge is 2.28. The van der Waals surface area contributed by atoms with Crippen LogP contribution in [0.25, 0.3) is 0 Å². The maximum Gasteiger partial charge on any atom is 0.522 e. The minimum Gasteiger partial charge on any atom is -0.490 e. The largest absolute Gasteiger partial charge is 0.522 e. The third kappa shape index (κ3) is 5.52. The van der Waals surface area contributed by atoms with Crippen molar-refractivity contribution in [1.82, 2.24) is 4.98 Å². The van der Waals surface area contributed by atoms with Crippen LogP contribution in [0.5, 0.6) is 5.75 Å². The number of nitrogens with zero attached hydrogens (tertiary/aromatic N) is 1. The van der Waals surface area contributed by atoms with E-state index in [-0.39, 0.29) is 17.8 Å². The van der Waals surface area contributed by atoms with E-state index in [4.69, 9.17) is 14.8 Å². The van der Waals surface area contributed by atoms with Gasteiger partial charge in [-0.3, -0.25) is 9.72 Å². The van der Waals surface area contributed by atoms with E-state index >= 15 is 0 Å². The molecular formula is C8H9BF3NO4. The number of pyridine rings is 1. The van der Waals surface area contributed by atoms with Gasteiger partial charge in [0.15, 0.2) is 0 Å². The lowest BCUT2D eigenvalue weighted by Gasteiger charge is -2.09. The summed E-state index contributed by atoms with van der Waals surface area (Å²) in [7, 11) is -1.71. The molecule has 1 heterocycles. The Morgan fingerprint density at radius 3 is 2.53 bits per heavy atom. The van der Waals surface area contributed by atoms with Crippen LogP contribution in [0, 0.1) is 0 Å². The molecule has 1 aromatic heterocycles. The third-order valence-corrected chi connectivity index (χ3v) is 1.65. The first-order valence-corrected chi connectivity index (χ1v) is 4.53. The van der Waals surface area contributed by atoms with Crippen molar-refractivity contribution in [1.29, 1.82) is 0 Å². The van der Waals surface area contributed by atoms with Crippen molar-refractivity contribution in [3.8, 4) is 5.75 Å². The Kier molecular flexibility index (Phi) is 4.73. The van der Waals surface area contributed by atoms with Gasteiger partial charge in [-0.25, -0.2) is 0 Å². The first-order valence-electron chi connectivity index (χ1n) is 4.53. The van der Waals surface area contributed by atoms with Crippen molar-refractivity contribution in [2.45, 2.75) is 6.36 Å². The maximum absolute atomic E-state index is 11.6. The molecule has 0 aliphatic rings. The van der Waals surface area contributed by atoms with E-state index in [0.29, 0.717) is 0 Å². The topological polar surface area (TPSA) is 71.8 Å². The van der Waals surface area contributed by atoms with Crippen LogP contribution >= 0.6 is 0 Å². The molecule has 0 saturated heterocycles. The second-order valence-corrected chi connectivity index (χ2v) is 2.97. The Hall–Kier alpha value is -1.32. The number of aromatic nitrogens is 1. The van der Waals surface area contributed by atoms with Crippen molar-refractivity contribution < 1.29 is 32.7 Å². The predicted octanol–water partition coefficient (Wildman–Crippen LogP) is -0.323. The maximum atomic E-state index is 11.6. The van der Waals surface area contributed by atoms with Crippen LogP contribution in [0.4, 0.5) is 13.2 Å². The standard InChI is InChI=1S/C8H9BF3NO4/c10-8(11,12)17-2-1-16-7-3-6(9(14)15)4-13-5-7/h3-5,14-15H,1-2H2. The minimum absolute atomic E-state index is 0.0826. The predicted molar refractivity (Wildman–Crippen MR) is 51.6 cm³/mol. The second kappa shape index (κ2) is 5.85. The molecule has 0 bridgehead atoms. The van der Waals surface area contributed by atoms with Gasteiger partial charge in [0.1, 0.15) is 12.4 Å². The Morgan fingerprint density at radius 1 is 1.24 bits per heavy atom. The van der Waals surface area contributed by atoms with Gasteiger partial charge >= 0.3 is 13.5 Å². The van der Waals surface area contributed by atoms with Crippen molar-refractivity contribution in [2.24, 2.45) is 0 Å². The summed E-state index contributed by atoms with van der Waals surface area (Å²) in [5.41, 5.74) is 0.0826. The van der Waals surface area contributed by atoms with E-state index in [2.05, 4.69) is 9.72 Å². The zero-order chi connectivity index (χ0) is 12.9. The van der Waals surface area contributed by atoms with Gasteiger partial charge in [-0.2, -0.15) is 0 Å². The van der Waals surface area contributed by atoms with E-state index in [0.717, 1.165) is 0 Å². The van der Waals surface area contributed by atoms with E-state index in [1.54, 1.807) is 0 Å². The number of halogens is 3. The molecule has 2 N–H and O–H groups in total. The van der Waals surface area contributed by atoms with Crippen molar-refractivity contribution in [3.05, 3.63) is 18.5 Å². The molecule has 5 nitrogen and oxygen atoms in total. The Morgan fingerprint density at radius 2 is 1.94 bits per heavy atom. The molecule has 1 rings (SSSR count). The average Bonchev–Trinajstić information content (AvgIpc) is 2.23. The third-order valence-electron chi connectivity index (χ3n) is 1.65. The summed E-state index contributed by atoms with van der Waals surface area (Å²) >= 11 is 0. The number of hydrogen-bond donors (Lipinski definition) is 2. The van der Waals surface area contributed by atoms with Gasteiger partial charge in [0.05, 0.1) is 12.8 Å². The van der Waals surface area contributed by atoms with Crippen LogP contribution in [0.15, 0.2) is 18.5 Å². The minimum atomic E-state index is -4.69. The monoisotopic (exact) mass is 251 g/mol. The molecule has 0 atom stereocenters. The zero-order valence-corrected chi connectivity index (χ0v) is 8.52. The Balaban J connectivity index is 2.39. The second-order valence-electron chi connectivity index (χ2n) is 2.97. The number of alkyl halides is 3. The quantitative estimate of drug-likeness (QED) is 0.554. The summed E-state index contributed by atoms with van der Waals surface area (Å²) in [6, 6.07) is 1.26. The summed E-state index contributed by atoms with van der Waals surface area (Å²) < 4.78 is 43.2. The zero-order valence-electron chi connectivity index (χ0n) is 8.52. The molecule has 0 aromatic carbocycles. The molecule has 0 spiro atoms. The first kappa shape index (κ1) is 13.7. The first-order chi connectivity index (χ1) is 7.88. The average molecular weight is 251 g/mol. The molecule has 0 aliphatic carbocycles. The normalized spacial score (nSPS) is 11.4. The summed E-state index contributed by atoms with van der Waals surface area (Å²) in [6.07, 6.45) is -2.26. The molecule has 94 valence electrons. The Bertz CT molecular complexity index is 361. The molecular weight excluding hydrogens is 242 g/mol. The smallest absolute Gasteiger partial charge is 0.490 e. The van der Waals surface area contributed by atoms with Crippen LogP contribution in [-0.2, 0) is 4.74 Å². The molecule has 9 heteroatoms. The molecule has 17 heavy (non-hydrogen) atoms. The fourth-order valence-corrected chi connectivity index (χ4v) is 0.973. The van der Waals surface area contributed by atoms with Crippen LogP contribution < -0.4 is 10.2 Å². The molecule has 0 aliphatic heterocycles. The van der Waals surface area contributed by atoms with Gasteiger partial charge in [-0.05, 0) is 6.07 Å². The molecule has 1 aromatic rings. The fraction of sp³-hybridized carbons (Fsp3) is 0.375. The van der Waals surface area contributed by atoms with E-state index < -0.39 is 20.1 Å². The molecule has 0 saturated carbocycles. The fourth-order valence-electron chi connectivity index (χ4n) is 0.973. The van der Waals surface area contributed by atoms with Gasteiger partial charge in [0.25, 0.3) is 0 Å². The van der Waals surface area contributed by atoms with E-state index in [1.165, 1.54) is 18.5 Å². The van der Waals surface area contributed by atoms with Crippen LogP contribution in [-0.4, -0.2) is 41.7 Å². The lowest BCUT2D eigenvalue weighted by Crippen LogP contribution is -2.30.